The highest BCUT2D eigenvalue weighted by atomic mass is 16.6. The van der Waals surface area contributed by atoms with Crippen molar-refractivity contribution in [1.29, 1.82) is 0 Å². The molecule has 0 aromatic heterocycles. The summed E-state index contributed by atoms with van der Waals surface area (Å²) in [6.45, 7) is 11.7. The first-order valence-corrected chi connectivity index (χ1v) is 6.58. The second kappa shape index (κ2) is 17.3. The monoisotopic (exact) mass is 280 g/mol. The maximum Gasteiger partial charge on any atom is 0.300 e. The van der Waals surface area contributed by atoms with Gasteiger partial charge in [-0.1, -0.05) is 0 Å². The number of carbonyl (C=O) groups is 1. The van der Waals surface area contributed by atoms with Gasteiger partial charge >= 0.3 is 0 Å². The summed E-state index contributed by atoms with van der Waals surface area (Å²) in [5, 5.41) is 7.42. The van der Waals surface area contributed by atoms with Crippen LogP contribution >= 0.6 is 0 Å². The van der Waals surface area contributed by atoms with Crippen molar-refractivity contribution in [3.8, 4) is 0 Å². The first kappa shape index (κ1) is 20.6. The smallest absolute Gasteiger partial charge is 0.300 e. The van der Waals surface area contributed by atoms with Crippen molar-refractivity contribution < 1.29 is 28.8 Å². The number of ether oxygens (including phenoxy) is 4. The van der Waals surface area contributed by atoms with Crippen LogP contribution in [0, 0.1) is 0 Å². The van der Waals surface area contributed by atoms with Crippen molar-refractivity contribution in [3.63, 3.8) is 0 Å². The number of carboxylic acid groups (broad SMARTS) is 1. The van der Waals surface area contributed by atoms with E-state index >= 15 is 0 Å². The molecule has 0 saturated heterocycles. The lowest BCUT2D eigenvalue weighted by atomic mass is 10.4. The molecule has 0 bridgehead atoms. The summed E-state index contributed by atoms with van der Waals surface area (Å²) in [5.41, 5.74) is 0. The fourth-order valence-electron chi connectivity index (χ4n) is 1.01. The minimum absolute atomic E-state index is 0.118. The highest BCUT2D eigenvalue weighted by molar-refractivity contribution is 5.62. The predicted octanol–water partition coefficient (Wildman–Crippen LogP) is 1.57. The fourth-order valence-corrected chi connectivity index (χ4v) is 1.01. The fraction of sp³-hybridized carbons (Fsp3) is 0.923. The predicted molar refractivity (Wildman–Crippen MR) is 72.5 cm³/mol. The molecule has 6 nitrogen and oxygen atoms in total. The third-order valence-corrected chi connectivity index (χ3v) is 1.76. The van der Waals surface area contributed by atoms with E-state index in [2.05, 4.69) is 0 Å². The van der Waals surface area contributed by atoms with E-state index in [1.807, 2.05) is 20.8 Å². The normalized spacial score (nSPS) is 11.6. The quantitative estimate of drug-likeness (QED) is 0.579. The molecule has 0 aliphatic rings. The van der Waals surface area contributed by atoms with Gasteiger partial charge in [-0.3, -0.25) is 4.79 Å². The summed E-state index contributed by atoms with van der Waals surface area (Å²) >= 11 is 0. The zero-order valence-electron chi connectivity index (χ0n) is 12.5. The molecule has 0 spiro atoms. The molecule has 0 heterocycles. The van der Waals surface area contributed by atoms with E-state index in [1.165, 1.54) is 0 Å². The molecular formula is C13H28O6. The zero-order valence-corrected chi connectivity index (χ0v) is 12.5. The van der Waals surface area contributed by atoms with E-state index in [0.717, 1.165) is 20.1 Å². The lowest BCUT2D eigenvalue weighted by molar-refractivity contribution is -0.134. The minimum atomic E-state index is -0.833. The van der Waals surface area contributed by atoms with E-state index < -0.39 is 5.97 Å². The number of hydrogen-bond donors (Lipinski definition) is 1. The van der Waals surface area contributed by atoms with E-state index in [4.69, 9.17) is 28.8 Å². The molecule has 0 radical (unpaired) electrons. The summed E-state index contributed by atoms with van der Waals surface area (Å²) in [4.78, 5) is 9.00. The highest BCUT2D eigenvalue weighted by Crippen LogP contribution is 1.92. The standard InChI is InChI=1S/C11H24O4.C2H4O2/c1-4-12-6-7-14-10-11(3)15-9-8-13-5-2;1-2(3)4/h11H,4-10H2,1-3H3;1H3,(H,3,4). The van der Waals surface area contributed by atoms with Crippen molar-refractivity contribution in [2.75, 3.05) is 46.2 Å². The molecule has 1 unspecified atom stereocenters. The third-order valence-electron chi connectivity index (χ3n) is 1.76. The van der Waals surface area contributed by atoms with Gasteiger partial charge in [0, 0.05) is 20.1 Å². The summed E-state index contributed by atoms with van der Waals surface area (Å²) < 4.78 is 21.1. The van der Waals surface area contributed by atoms with Gasteiger partial charge < -0.3 is 24.1 Å². The second-order valence-corrected chi connectivity index (χ2v) is 3.67. The molecule has 116 valence electrons. The van der Waals surface area contributed by atoms with Gasteiger partial charge in [0.15, 0.2) is 0 Å². The first-order valence-electron chi connectivity index (χ1n) is 6.58. The Kier molecular flexibility index (Phi) is 18.8. The van der Waals surface area contributed by atoms with Crippen LogP contribution < -0.4 is 0 Å². The molecule has 0 aliphatic heterocycles. The van der Waals surface area contributed by atoms with Crippen molar-refractivity contribution in [3.05, 3.63) is 0 Å². The van der Waals surface area contributed by atoms with Crippen LogP contribution in [0.15, 0.2) is 0 Å². The van der Waals surface area contributed by atoms with Crippen LogP contribution in [0.5, 0.6) is 0 Å². The Hall–Kier alpha value is -0.690. The number of hydrogen-bond acceptors (Lipinski definition) is 5. The molecule has 1 atom stereocenters. The van der Waals surface area contributed by atoms with Crippen molar-refractivity contribution in [1.82, 2.24) is 0 Å². The van der Waals surface area contributed by atoms with Gasteiger partial charge in [0.25, 0.3) is 5.97 Å². The van der Waals surface area contributed by atoms with Crippen molar-refractivity contribution in [2.24, 2.45) is 0 Å². The molecule has 0 amide bonds. The Bertz CT molecular complexity index is 182. The van der Waals surface area contributed by atoms with Gasteiger partial charge in [0.05, 0.1) is 39.1 Å². The van der Waals surface area contributed by atoms with E-state index in [-0.39, 0.29) is 6.10 Å². The number of rotatable bonds is 11. The molecule has 0 aromatic carbocycles. The number of aliphatic carboxylic acids is 1. The molecule has 0 rings (SSSR count). The summed E-state index contributed by atoms with van der Waals surface area (Å²) in [5.74, 6) is -0.833. The molecule has 0 fully saturated rings. The molecule has 19 heavy (non-hydrogen) atoms. The average Bonchev–Trinajstić information content (AvgIpc) is 2.34. The Morgan fingerprint density at radius 2 is 1.42 bits per heavy atom. The molecule has 0 aliphatic carbocycles. The van der Waals surface area contributed by atoms with Crippen LogP contribution in [0.1, 0.15) is 27.7 Å². The van der Waals surface area contributed by atoms with Crippen LogP contribution in [0.2, 0.25) is 0 Å². The highest BCUT2D eigenvalue weighted by Gasteiger charge is 2.01. The van der Waals surface area contributed by atoms with Crippen LogP contribution in [-0.2, 0) is 23.7 Å². The molecule has 1 N–H and O–H groups in total. The largest absolute Gasteiger partial charge is 0.481 e. The maximum atomic E-state index is 9.00. The van der Waals surface area contributed by atoms with E-state index in [0.29, 0.717) is 33.0 Å². The Morgan fingerprint density at radius 3 is 1.89 bits per heavy atom. The van der Waals surface area contributed by atoms with Gasteiger partial charge in [-0.05, 0) is 20.8 Å². The van der Waals surface area contributed by atoms with Crippen molar-refractivity contribution >= 4 is 5.97 Å². The van der Waals surface area contributed by atoms with Crippen LogP contribution in [0.25, 0.3) is 0 Å². The Balaban J connectivity index is 0. The third kappa shape index (κ3) is 26.8. The molecular weight excluding hydrogens is 252 g/mol. The van der Waals surface area contributed by atoms with Gasteiger partial charge in [0.1, 0.15) is 0 Å². The first-order chi connectivity index (χ1) is 9.04. The maximum absolute atomic E-state index is 9.00. The van der Waals surface area contributed by atoms with E-state index in [9.17, 15) is 0 Å². The van der Waals surface area contributed by atoms with Gasteiger partial charge in [0.2, 0.25) is 0 Å². The van der Waals surface area contributed by atoms with Crippen molar-refractivity contribution in [2.45, 2.75) is 33.8 Å². The molecule has 6 heteroatoms. The minimum Gasteiger partial charge on any atom is -0.481 e. The van der Waals surface area contributed by atoms with E-state index in [1.54, 1.807) is 0 Å². The molecule has 0 saturated carbocycles. The second-order valence-electron chi connectivity index (χ2n) is 3.67. The van der Waals surface area contributed by atoms with Gasteiger partial charge in [-0.15, -0.1) is 0 Å². The summed E-state index contributed by atoms with van der Waals surface area (Å²) in [6.07, 6.45) is 0.118. The van der Waals surface area contributed by atoms with Gasteiger partial charge in [-0.2, -0.15) is 0 Å². The lowest BCUT2D eigenvalue weighted by Crippen LogP contribution is -2.20. The average molecular weight is 280 g/mol. The topological polar surface area (TPSA) is 74.2 Å². The Morgan fingerprint density at radius 1 is 1.00 bits per heavy atom. The zero-order chi connectivity index (χ0) is 14.9. The van der Waals surface area contributed by atoms with Crippen LogP contribution in [0.3, 0.4) is 0 Å². The molecule has 0 aromatic rings. The summed E-state index contributed by atoms with van der Waals surface area (Å²) in [6, 6.07) is 0. The SMILES string of the molecule is CC(=O)O.CCOCCOCC(C)OCCOCC. The lowest BCUT2D eigenvalue weighted by Gasteiger charge is -2.13. The van der Waals surface area contributed by atoms with Gasteiger partial charge in [-0.25, -0.2) is 0 Å². The summed E-state index contributed by atoms with van der Waals surface area (Å²) in [7, 11) is 0. The van der Waals surface area contributed by atoms with Crippen LogP contribution in [-0.4, -0.2) is 63.4 Å². The van der Waals surface area contributed by atoms with Crippen LogP contribution in [0.4, 0.5) is 0 Å². The number of carboxylic acids is 1. The Labute approximate surface area is 116 Å².